The fourth-order valence-corrected chi connectivity index (χ4v) is 3.27. The molecule has 2 rings (SSSR count). The molecule has 2 N–H and O–H groups in total. The Labute approximate surface area is 163 Å². The number of para-hydroxylation sites is 1. The van der Waals surface area contributed by atoms with Crippen molar-refractivity contribution in [3.8, 4) is 5.75 Å². The predicted molar refractivity (Wildman–Crippen MR) is 102 cm³/mol. The van der Waals surface area contributed by atoms with Gasteiger partial charge in [0.25, 0.3) is 15.9 Å². The summed E-state index contributed by atoms with van der Waals surface area (Å²) in [5.74, 6) is -1.76. The Morgan fingerprint density at radius 1 is 1.04 bits per heavy atom. The van der Waals surface area contributed by atoms with Crippen LogP contribution in [0.5, 0.6) is 5.75 Å². The molecule has 2 aromatic carbocycles. The first-order valence-electron chi connectivity index (χ1n) is 8.61. The second-order valence-electron chi connectivity index (χ2n) is 6.57. The summed E-state index contributed by atoms with van der Waals surface area (Å²) in [5.41, 5.74) is -0.752. The molecule has 0 aliphatic carbocycles. The van der Waals surface area contributed by atoms with Gasteiger partial charge in [0.05, 0.1) is 4.90 Å². The Balaban J connectivity index is 2.08. The third-order valence-corrected chi connectivity index (χ3v) is 5.07. The largest absolute Gasteiger partial charge is 0.481 e. The number of carbonyl (C=O) groups is 1. The Hall–Kier alpha value is -2.68. The zero-order valence-corrected chi connectivity index (χ0v) is 16.5. The third kappa shape index (κ3) is 5.66. The molecule has 1 atom stereocenters. The molecule has 0 spiro atoms. The molecule has 6 nitrogen and oxygen atoms in total. The highest BCUT2D eigenvalue weighted by Gasteiger charge is 2.20. The number of ether oxygens (including phenoxy) is 1. The monoisotopic (exact) mass is 412 g/mol. The Morgan fingerprint density at radius 3 is 2.14 bits per heavy atom. The number of nitrogens with one attached hydrogen (secondary N) is 2. The molecule has 9 heteroatoms. The van der Waals surface area contributed by atoms with E-state index in [2.05, 4.69) is 5.32 Å². The molecule has 0 aliphatic rings. The van der Waals surface area contributed by atoms with Gasteiger partial charge in [-0.3, -0.25) is 9.52 Å². The molecule has 152 valence electrons. The number of anilines is 1. The number of halogens is 2. The lowest BCUT2D eigenvalue weighted by Gasteiger charge is -2.16. The van der Waals surface area contributed by atoms with Crippen LogP contribution in [0.2, 0.25) is 0 Å². The molecule has 0 aromatic heterocycles. The normalized spacial score (nSPS) is 12.5. The molecule has 0 saturated carbocycles. The minimum absolute atomic E-state index is 0.209. The molecule has 2 aromatic rings. The SMILES string of the molecule is CC(C)CNC(=O)[C@@H](C)Oc1ccc(S(=O)(=O)Nc2c(F)cccc2F)cc1. The molecule has 0 saturated heterocycles. The van der Waals surface area contributed by atoms with E-state index in [-0.39, 0.29) is 16.6 Å². The molecule has 1 amide bonds. The highest BCUT2D eigenvalue weighted by atomic mass is 32.2. The van der Waals surface area contributed by atoms with E-state index < -0.39 is 33.4 Å². The summed E-state index contributed by atoms with van der Waals surface area (Å²) in [4.78, 5) is 11.7. The first-order valence-corrected chi connectivity index (χ1v) is 10.1. The van der Waals surface area contributed by atoms with Crippen LogP contribution in [0.3, 0.4) is 0 Å². The fraction of sp³-hybridized carbons (Fsp3) is 0.316. The first-order chi connectivity index (χ1) is 13.1. The molecule has 28 heavy (non-hydrogen) atoms. The summed E-state index contributed by atoms with van der Waals surface area (Å²) in [6.45, 7) is 6.02. The number of hydrogen-bond donors (Lipinski definition) is 2. The molecular formula is C19H22F2N2O4S. The topological polar surface area (TPSA) is 84.5 Å². The molecule has 0 radical (unpaired) electrons. The van der Waals surface area contributed by atoms with Gasteiger partial charge in [0.1, 0.15) is 23.1 Å². The lowest BCUT2D eigenvalue weighted by Crippen LogP contribution is -2.38. The van der Waals surface area contributed by atoms with Gasteiger partial charge in [0.15, 0.2) is 6.10 Å². The van der Waals surface area contributed by atoms with Gasteiger partial charge in [-0.1, -0.05) is 19.9 Å². The smallest absolute Gasteiger partial charge is 0.262 e. The van der Waals surface area contributed by atoms with Crippen LogP contribution in [0.15, 0.2) is 47.4 Å². The summed E-state index contributed by atoms with van der Waals surface area (Å²) < 4.78 is 59.4. The number of sulfonamides is 1. The van der Waals surface area contributed by atoms with Crippen molar-refractivity contribution in [3.63, 3.8) is 0 Å². The van der Waals surface area contributed by atoms with E-state index in [1.165, 1.54) is 24.3 Å². The van der Waals surface area contributed by atoms with Crippen LogP contribution in [0.25, 0.3) is 0 Å². The average Bonchev–Trinajstić information content (AvgIpc) is 2.63. The van der Waals surface area contributed by atoms with Crippen molar-refractivity contribution in [2.24, 2.45) is 5.92 Å². The van der Waals surface area contributed by atoms with E-state index in [0.717, 1.165) is 18.2 Å². The molecular weight excluding hydrogens is 390 g/mol. The molecule has 0 aliphatic heterocycles. The molecule has 0 heterocycles. The van der Waals surface area contributed by atoms with Crippen molar-refractivity contribution in [1.82, 2.24) is 5.32 Å². The number of hydrogen-bond acceptors (Lipinski definition) is 4. The second kappa shape index (κ2) is 9.01. The Bertz CT molecular complexity index is 911. The number of carbonyl (C=O) groups excluding carboxylic acids is 1. The van der Waals surface area contributed by atoms with Gasteiger partial charge in [-0.2, -0.15) is 0 Å². The van der Waals surface area contributed by atoms with Crippen LogP contribution in [-0.4, -0.2) is 27.0 Å². The third-order valence-electron chi connectivity index (χ3n) is 3.70. The van der Waals surface area contributed by atoms with Gasteiger partial charge in [-0.05, 0) is 49.2 Å². The van der Waals surface area contributed by atoms with E-state index in [1.807, 2.05) is 18.6 Å². The summed E-state index contributed by atoms with van der Waals surface area (Å²) in [7, 11) is -4.20. The number of benzene rings is 2. The molecule has 0 bridgehead atoms. The minimum Gasteiger partial charge on any atom is -0.481 e. The van der Waals surface area contributed by atoms with Crippen molar-refractivity contribution in [2.75, 3.05) is 11.3 Å². The highest BCUT2D eigenvalue weighted by molar-refractivity contribution is 7.92. The zero-order chi connectivity index (χ0) is 20.9. The van der Waals surface area contributed by atoms with Crippen molar-refractivity contribution in [2.45, 2.75) is 31.8 Å². The van der Waals surface area contributed by atoms with E-state index in [1.54, 1.807) is 6.92 Å². The lowest BCUT2D eigenvalue weighted by atomic mass is 10.2. The summed E-state index contributed by atoms with van der Waals surface area (Å²) in [6, 6.07) is 8.18. The van der Waals surface area contributed by atoms with Gasteiger partial charge in [-0.15, -0.1) is 0 Å². The predicted octanol–water partition coefficient (Wildman–Crippen LogP) is 3.31. The van der Waals surface area contributed by atoms with Crippen molar-refractivity contribution >= 4 is 21.6 Å². The van der Waals surface area contributed by atoms with E-state index >= 15 is 0 Å². The van der Waals surface area contributed by atoms with Crippen LogP contribution in [0.1, 0.15) is 20.8 Å². The summed E-state index contributed by atoms with van der Waals surface area (Å²) in [5, 5.41) is 2.73. The Morgan fingerprint density at radius 2 is 1.61 bits per heavy atom. The minimum atomic E-state index is -4.20. The van der Waals surface area contributed by atoms with Crippen LogP contribution < -0.4 is 14.8 Å². The van der Waals surface area contributed by atoms with Crippen LogP contribution in [0, 0.1) is 17.6 Å². The summed E-state index contributed by atoms with van der Waals surface area (Å²) in [6.07, 6.45) is -0.771. The molecule has 0 unspecified atom stereocenters. The van der Waals surface area contributed by atoms with E-state index in [9.17, 15) is 22.0 Å². The van der Waals surface area contributed by atoms with E-state index in [4.69, 9.17) is 4.74 Å². The standard InChI is InChI=1S/C19H22F2N2O4S/c1-12(2)11-22-19(24)13(3)27-14-7-9-15(10-8-14)28(25,26)23-18-16(20)5-4-6-17(18)21/h4-10,12-13,23H,11H2,1-3H3,(H,22,24)/t13-/m1/s1. The van der Waals surface area contributed by atoms with Crippen molar-refractivity contribution < 1.29 is 26.7 Å². The van der Waals surface area contributed by atoms with Gasteiger partial charge >= 0.3 is 0 Å². The van der Waals surface area contributed by atoms with Crippen molar-refractivity contribution in [1.29, 1.82) is 0 Å². The zero-order valence-electron chi connectivity index (χ0n) is 15.7. The molecule has 0 fully saturated rings. The van der Waals surface area contributed by atoms with Crippen LogP contribution in [-0.2, 0) is 14.8 Å². The van der Waals surface area contributed by atoms with Gasteiger partial charge in [0.2, 0.25) is 0 Å². The second-order valence-corrected chi connectivity index (χ2v) is 8.26. The maximum absolute atomic E-state index is 13.7. The number of rotatable bonds is 8. The Kier molecular flexibility index (Phi) is 6.95. The van der Waals surface area contributed by atoms with Crippen LogP contribution >= 0.6 is 0 Å². The number of amides is 1. The van der Waals surface area contributed by atoms with Crippen LogP contribution in [0.4, 0.5) is 14.5 Å². The lowest BCUT2D eigenvalue weighted by molar-refractivity contribution is -0.127. The van der Waals surface area contributed by atoms with E-state index in [0.29, 0.717) is 12.5 Å². The van der Waals surface area contributed by atoms with Gasteiger partial charge < -0.3 is 10.1 Å². The van der Waals surface area contributed by atoms with Gasteiger partial charge in [-0.25, -0.2) is 17.2 Å². The quantitative estimate of drug-likeness (QED) is 0.697. The highest BCUT2D eigenvalue weighted by Crippen LogP contribution is 2.23. The summed E-state index contributed by atoms with van der Waals surface area (Å²) >= 11 is 0. The average molecular weight is 412 g/mol. The van der Waals surface area contributed by atoms with Crippen molar-refractivity contribution in [3.05, 3.63) is 54.1 Å². The fourth-order valence-electron chi connectivity index (χ4n) is 2.19. The maximum atomic E-state index is 13.7. The first kappa shape index (κ1) is 21.6. The van der Waals surface area contributed by atoms with Gasteiger partial charge in [0, 0.05) is 6.54 Å². The maximum Gasteiger partial charge on any atom is 0.262 e.